The minimum atomic E-state index is -3.17. The third-order valence-corrected chi connectivity index (χ3v) is 6.29. The zero-order chi connectivity index (χ0) is 15.4. The van der Waals surface area contributed by atoms with Crippen LogP contribution in [0.25, 0.3) is 0 Å². The number of anilines is 1. The van der Waals surface area contributed by atoms with Crippen molar-refractivity contribution in [3.05, 3.63) is 18.3 Å². The van der Waals surface area contributed by atoms with Crippen LogP contribution >= 0.6 is 0 Å². The molecule has 0 radical (unpaired) electrons. The largest absolute Gasteiger partial charge is 0.381 e. The number of hydrogen-bond acceptors (Lipinski definition) is 6. The molecule has 1 aromatic rings. The van der Waals surface area contributed by atoms with Crippen molar-refractivity contribution in [1.82, 2.24) is 14.5 Å². The summed E-state index contributed by atoms with van der Waals surface area (Å²) in [6.07, 6.45) is 4.06. The molecule has 0 saturated carbocycles. The number of ether oxygens (including phenoxy) is 1. The average Bonchev–Trinajstić information content (AvgIpc) is 3.01. The van der Waals surface area contributed by atoms with Crippen LogP contribution in [0.5, 0.6) is 0 Å². The van der Waals surface area contributed by atoms with E-state index in [9.17, 15) is 8.42 Å². The van der Waals surface area contributed by atoms with E-state index in [1.165, 1.54) is 0 Å². The lowest BCUT2D eigenvalue weighted by atomic mass is 10.1. The van der Waals surface area contributed by atoms with Crippen LogP contribution in [0.3, 0.4) is 0 Å². The summed E-state index contributed by atoms with van der Waals surface area (Å²) < 4.78 is 31.8. The average molecular weight is 326 g/mol. The molecule has 2 aliphatic heterocycles. The van der Waals surface area contributed by atoms with Crippen LogP contribution in [0.2, 0.25) is 0 Å². The van der Waals surface area contributed by atoms with Gasteiger partial charge in [0.2, 0.25) is 10.0 Å². The second kappa shape index (κ2) is 6.89. The van der Waals surface area contributed by atoms with Gasteiger partial charge in [-0.15, -0.1) is 5.10 Å². The fourth-order valence-corrected chi connectivity index (χ4v) is 4.82. The van der Waals surface area contributed by atoms with Crippen molar-refractivity contribution in [3.8, 4) is 0 Å². The molecule has 0 aromatic carbocycles. The van der Waals surface area contributed by atoms with Gasteiger partial charge in [0.1, 0.15) is 5.82 Å². The number of aromatic nitrogens is 2. The van der Waals surface area contributed by atoms with Crippen molar-refractivity contribution in [2.75, 3.05) is 37.4 Å². The Morgan fingerprint density at radius 3 is 2.77 bits per heavy atom. The van der Waals surface area contributed by atoms with Gasteiger partial charge in [-0.25, -0.2) is 12.7 Å². The van der Waals surface area contributed by atoms with Gasteiger partial charge in [0.25, 0.3) is 0 Å². The molecule has 1 unspecified atom stereocenters. The molecule has 3 heterocycles. The molecule has 2 saturated heterocycles. The van der Waals surface area contributed by atoms with E-state index in [0.29, 0.717) is 26.3 Å². The number of nitrogens with one attached hydrogen (secondary N) is 1. The Hall–Kier alpha value is -1.25. The number of piperidine rings is 1. The molecule has 1 aromatic heterocycles. The fraction of sp³-hybridized carbons (Fsp3) is 0.714. The molecule has 1 N–H and O–H groups in total. The van der Waals surface area contributed by atoms with Gasteiger partial charge in [0, 0.05) is 31.9 Å². The molecule has 0 amide bonds. The fourth-order valence-electron chi connectivity index (χ4n) is 2.98. The van der Waals surface area contributed by atoms with E-state index >= 15 is 0 Å². The van der Waals surface area contributed by atoms with Crippen molar-refractivity contribution >= 4 is 15.8 Å². The zero-order valence-corrected chi connectivity index (χ0v) is 13.3. The Kier molecular flexibility index (Phi) is 4.90. The molecule has 122 valence electrons. The molecule has 2 aliphatic rings. The molecule has 7 nitrogen and oxygen atoms in total. The van der Waals surface area contributed by atoms with Crippen LogP contribution in [0.1, 0.15) is 19.3 Å². The van der Waals surface area contributed by atoms with E-state index in [4.69, 9.17) is 4.74 Å². The summed E-state index contributed by atoms with van der Waals surface area (Å²) in [5.41, 5.74) is 0. The van der Waals surface area contributed by atoms with Crippen LogP contribution < -0.4 is 5.32 Å². The summed E-state index contributed by atoms with van der Waals surface area (Å²) >= 11 is 0. The first-order valence-corrected chi connectivity index (χ1v) is 9.34. The van der Waals surface area contributed by atoms with Gasteiger partial charge >= 0.3 is 0 Å². The number of hydrogen-bond donors (Lipinski definition) is 1. The van der Waals surface area contributed by atoms with Gasteiger partial charge in [-0.1, -0.05) is 0 Å². The number of rotatable bonds is 5. The Morgan fingerprint density at radius 1 is 1.32 bits per heavy atom. The first-order valence-electron chi connectivity index (χ1n) is 7.73. The quantitative estimate of drug-likeness (QED) is 0.858. The smallest absolute Gasteiger partial charge is 0.214 e. The first-order chi connectivity index (χ1) is 10.6. The monoisotopic (exact) mass is 326 g/mol. The lowest BCUT2D eigenvalue weighted by Crippen LogP contribution is -2.44. The number of nitrogens with zero attached hydrogens (tertiary/aromatic N) is 3. The predicted octanol–water partition coefficient (Wildman–Crippen LogP) is 0.719. The molecule has 0 bridgehead atoms. The summed E-state index contributed by atoms with van der Waals surface area (Å²) in [5, 5.41) is 11.1. The Balaban J connectivity index is 1.50. The highest BCUT2D eigenvalue weighted by atomic mass is 32.2. The van der Waals surface area contributed by atoms with E-state index in [2.05, 4.69) is 15.5 Å². The van der Waals surface area contributed by atoms with Gasteiger partial charge in [-0.3, -0.25) is 0 Å². The maximum atomic E-state index is 12.4. The Morgan fingerprint density at radius 2 is 2.14 bits per heavy atom. The van der Waals surface area contributed by atoms with E-state index in [1.54, 1.807) is 10.5 Å². The number of sulfonamides is 1. The van der Waals surface area contributed by atoms with Gasteiger partial charge in [0.15, 0.2) is 0 Å². The molecule has 0 spiro atoms. The van der Waals surface area contributed by atoms with Gasteiger partial charge in [-0.2, -0.15) is 5.10 Å². The minimum absolute atomic E-state index is 0.153. The van der Waals surface area contributed by atoms with Gasteiger partial charge in [0.05, 0.1) is 12.4 Å². The van der Waals surface area contributed by atoms with Crippen molar-refractivity contribution in [1.29, 1.82) is 0 Å². The lowest BCUT2D eigenvalue weighted by Gasteiger charge is -2.32. The van der Waals surface area contributed by atoms with E-state index in [0.717, 1.165) is 25.1 Å². The SMILES string of the molecule is O=S(=O)(CC1CCOC1)N1CCC(Nc2cccnn2)CC1. The van der Waals surface area contributed by atoms with E-state index in [-0.39, 0.29) is 17.7 Å². The highest BCUT2D eigenvalue weighted by molar-refractivity contribution is 7.89. The van der Waals surface area contributed by atoms with Crippen molar-refractivity contribution in [3.63, 3.8) is 0 Å². The van der Waals surface area contributed by atoms with Crippen LogP contribution in [-0.4, -0.2) is 61.0 Å². The molecular weight excluding hydrogens is 304 g/mol. The third-order valence-electron chi connectivity index (χ3n) is 4.24. The van der Waals surface area contributed by atoms with Crippen molar-refractivity contribution < 1.29 is 13.2 Å². The van der Waals surface area contributed by atoms with Gasteiger partial charge in [-0.05, 0) is 37.3 Å². The highest BCUT2D eigenvalue weighted by Gasteiger charge is 2.31. The second-order valence-corrected chi connectivity index (χ2v) is 7.95. The summed E-state index contributed by atoms with van der Waals surface area (Å²) in [4.78, 5) is 0. The van der Waals surface area contributed by atoms with Crippen LogP contribution in [0.15, 0.2) is 18.3 Å². The topological polar surface area (TPSA) is 84.4 Å². The Bertz CT molecular complexity index is 567. The Labute approximate surface area is 131 Å². The predicted molar refractivity (Wildman–Crippen MR) is 83.0 cm³/mol. The molecule has 0 aliphatic carbocycles. The molecule has 1 atom stereocenters. The summed E-state index contributed by atoms with van der Waals surface area (Å²) in [5.74, 6) is 1.11. The zero-order valence-electron chi connectivity index (χ0n) is 12.5. The highest BCUT2D eigenvalue weighted by Crippen LogP contribution is 2.21. The van der Waals surface area contributed by atoms with Crippen molar-refractivity contribution in [2.45, 2.75) is 25.3 Å². The summed E-state index contributed by atoms with van der Waals surface area (Å²) in [6, 6.07) is 3.95. The molecular formula is C14H22N4O3S. The van der Waals surface area contributed by atoms with Crippen LogP contribution in [0, 0.1) is 5.92 Å². The maximum Gasteiger partial charge on any atom is 0.214 e. The van der Waals surface area contributed by atoms with Crippen LogP contribution in [-0.2, 0) is 14.8 Å². The second-order valence-electron chi connectivity index (χ2n) is 5.93. The molecule has 22 heavy (non-hydrogen) atoms. The maximum absolute atomic E-state index is 12.4. The molecule has 2 fully saturated rings. The summed E-state index contributed by atoms with van der Waals surface area (Å²) in [6.45, 7) is 2.38. The van der Waals surface area contributed by atoms with Crippen molar-refractivity contribution in [2.24, 2.45) is 5.92 Å². The minimum Gasteiger partial charge on any atom is -0.381 e. The summed E-state index contributed by atoms with van der Waals surface area (Å²) in [7, 11) is -3.17. The third kappa shape index (κ3) is 3.93. The van der Waals surface area contributed by atoms with Gasteiger partial charge < -0.3 is 10.1 Å². The standard InChI is InChI=1S/C14H22N4O3S/c19-22(20,11-12-5-9-21-10-12)18-7-3-13(4-8-18)16-14-2-1-6-15-17-14/h1-2,6,12-13H,3-5,7-11H2,(H,16,17). The first kappa shape index (κ1) is 15.6. The van der Waals surface area contributed by atoms with Crippen LogP contribution in [0.4, 0.5) is 5.82 Å². The van der Waals surface area contributed by atoms with E-state index < -0.39 is 10.0 Å². The normalized spacial score (nSPS) is 24.5. The molecule has 3 rings (SSSR count). The molecule has 8 heteroatoms. The van der Waals surface area contributed by atoms with E-state index in [1.807, 2.05) is 12.1 Å². The lowest BCUT2D eigenvalue weighted by molar-refractivity contribution is 0.188.